The Kier molecular flexibility index (Phi) is 10.4. The number of hydrogen-bond donors (Lipinski definition) is 1. The first-order valence-electron chi connectivity index (χ1n) is 9.65. The van der Waals surface area contributed by atoms with Gasteiger partial charge >= 0.3 is 6.09 Å². The number of carbonyl (C=O) groups excluding carboxylic acids is 2. The zero-order valence-corrected chi connectivity index (χ0v) is 15.1. The summed E-state index contributed by atoms with van der Waals surface area (Å²) in [6.45, 7) is 2.39. The summed E-state index contributed by atoms with van der Waals surface area (Å²) < 4.78 is 0. The van der Waals surface area contributed by atoms with Crippen LogP contribution in [0.3, 0.4) is 0 Å². The minimum atomic E-state index is -1.25. The number of carbonyl (C=O) groups is 3. The fourth-order valence-electron chi connectivity index (χ4n) is 3.31. The van der Waals surface area contributed by atoms with E-state index in [0.717, 1.165) is 24.2 Å². The number of likely N-dealkylation sites (tertiary alicyclic amines) is 1. The SMILES string of the molecule is CCCCCCCCCCCCCC(=O)C1CCN(C(=O)O)C1=O. The highest BCUT2D eigenvalue weighted by molar-refractivity contribution is 6.07. The molecule has 0 aromatic heterocycles. The van der Waals surface area contributed by atoms with Crippen molar-refractivity contribution in [3.63, 3.8) is 0 Å². The molecule has 0 aromatic rings. The zero-order chi connectivity index (χ0) is 17.8. The molecular weight excluding hydrogens is 306 g/mol. The van der Waals surface area contributed by atoms with Gasteiger partial charge in [0.15, 0.2) is 0 Å². The molecule has 138 valence electrons. The maximum atomic E-state index is 12.0. The van der Waals surface area contributed by atoms with E-state index < -0.39 is 17.9 Å². The fraction of sp³-hybridized carbons (Fsp3) is 0.842. The Labute approximate surface area is 145 Å². The molecule has 0 spiro atoms. The lowest BCUT2D eigenvalue weighted by Gasteiger charge is -2.10. The van der Waals surface area contributed by atoms with Crippen LogP contribution in [0.5, 0.6) is 0 Å². The normalized spacial score (nSPS) is 17.5. The molecule has 0 bridgehead atoms. The standard InChI is InChI=1S/C19H33NO4/c1-2-3-4-5-6-7-8-9-10-11-12-13-17(21)16-14-15-20(18(16)22)19(23)24/h16H,2-15H2,1H3,(H,23,24). The van der Waals surface area contributed by atoms with Gasteiger partial charge in [0.25, 0.3) is 0 Å². The van der Waals surface area contributed by atoms with Gasteiger partial charge in [-0.1, -0.05) is 71.1 Å². The number of hydrogen-bond acceptors (Lipinski definition) is 3. The van der Waals surface area contributed by atoms with Crippen LogP contribution < -0.4 is 0 Å². The van der Waals surface area contributed by atoms with Crippen molar-refractivity contribution in [2.75, 3.05) is 6.54 Å². The molecule has 1 aliphatic rings. The molecule has 0 aromatic carbocycles. The van der Waals surface area contributed by atoms with E-state index in [9.17, 15) is 14.4 Å². The van der Waals surface area contributed by atoms with Gasteiger partial charge in [0.2, 0.25) is 5.91 Å². The van der Waals surface area contributed by atoms with Crippen molar-refractivity contribution in [3.8, 4) is 0 Å². The van der Waals surface area contributed by atoms with Crippen molar-refractivity contribution >= 4 is 17.8 Å². The third kappa shape index (κ3) is 7.45. The van der Waals surface area contributed by atoms with Crippen molar-refractivity contribution < 1.29 is 19.5 Å². The van der Waals surface area contributed by atoms with Gasteiger partial charge in [0.1, 0.15) is 5.78 Å². The number of nitrogens with zero attached hydrogens (tertiary/aromatic N) is 1. The van der Waals surface area contributed by atoms with E-state index in [1.807, 2.05) is 0 Å². The average molecular weight is 339 g/mol. The fourth-order valence-corrected chi connectivity index (χ4v) is 3.31. The minimum absolute atomic E-state index is 0.0836. The number of ketones is 1. The van der Waals surface area contributed by atoms with E-state index in [1.54, 1.807) is 0 Å². The first-order chi connectivity index (χ1) is 11.6. The number of Topliss-reactive ketones (excluding diaryl/α,β-unsaturated/α-hetero) is 1. The van der Waals surface area contributed by atoms with E-state index >= 15 is 0 Å². The van der Waals surface area contributed by atoms with Crippen LogP contribution in [-0.2, 0) is 9.59 Å². The van der Waals surface area contributed by atoms with Crippen LogP contribution in [-0.4, -0.2) is 34.3 Å². The number of imide groups is 1. The molecule has 2 amide bonds. The Morgan fingerprint density at radius 3 is 1.92 bits per heavy atom. The molecule has 5 heteroatoms. The van der Waals surface area contributed by atoms with Crippen LogP contribution in [0.25, 0.3) is 0 Å². The number of amides is 2. The van der Waals surface area contributed by atoms with Gasteiger partial charge in [-0.05, 0) is 12.8 Å². The molecule has 1 saturated heterocycles. The topological polar surface area (TPSA) is 74.7 Å². The van der Waals surface area contributed by atoms with Crippen LogP contribution in [0.15, 0.2) is 0 Å². The van der Waals surface area contributed by atoms with Crippen molar-refractivity contribution in [2.24, 2.45) is 5.92 Å². The number of carboxylic acid groups (broad SMARTS) is 1. The van der Waals surface area contributed by atoms with Crippen LogP contribution in [0, 0.1) is 5.92 Å². The largest absolute Gasteiger partial charge is 0.465 e. The highest BCUT2D eigenvalue weighted by Crippen LogP contribution is 2.21. The summed E-state index contributed by atoms with van der Waals surface area (Å²) in [6, 6.07) is 0. The molecule has 0 saturated carbocycles. The molecule has 5 nitrogen and oxygen atoms in total. The molecule has 1 heterocycles. The molecule has 1 atom stereocenters. The number of rotatable bonds is 13. The summed E-state index contributed by atoms with van der Waals surface area (Å²) in [4.78, 5) is 35.5. The Balaban J connectivity index is 1.99. The van der Waals surface area contributed by atoms with E-state index in [4.69, 9.17) is 5.11 Å². The predicted octanol–water partition coefficient (Wildman–Crippen LogP) is 4.78. The molecule has 0 aliphatic carbocycles. The van der Waals surface area contributed by atoms with E-state index in [0.29, 0.717) is 12.8 Å². The molecule has 0 radical (unpaired) electrons. The second-order valence-corrected chi connectivity index (χ2v) is 6.87. The summed E-state index contributed by atoms with van der Waals surface area (Å²) in [6.07, 6.45) is 13.0. The van der Waals surface area contributed by atoms with Gasteiger partial charge in [-0.3, -0.25) is 9.59 Å². The Morgan fingerprint density at radius 1 is 0.958 bits per heavy atom. The summed E-state index contributed by atoms with van der Waals surface area (Å²) in [5.41, 5.74) is 0. The summed E-state index contributed by atoms with van der Waals surface area (Å²) in [7, 11) is 0. The van der Waals surface area contributed by atoms with Gasteiger partial charge in [0, 0.05) is 13.0 Å². The Morgan fingerprint density at radius 2 is 1.46 bits per heavy atom. The monoisotopic (exact) mass is 339 g/mol. The molecule has 1 fully saturated rings. The smallest absolute Gasteiger partial charge is 0.414 e. The van der Waals surface area contributed by atoms with E-state index in [2.05, 4.69) is 6.92 Å². The average Bonchev–Trinajstić information content (AvgIpc) is 2.94. The van der Waals surface area contributed by atoms with Crippen molar-refractivity contribution in [1.82, 2.24) is 4.90 Å². The Hall–Kier alpha value is -1.39. The van der Waals surface area contributed by atoms with Crippen molar-refractivity contribution in [1.29, 1.82) is 0 Å². The lowest BCUT2D eigenvalue weighted by molar-refractivity contribution is -0.135. The minimum Gasteiger partial charge on any atom is -0.465 e. The lowest BCUT2D eigenvalue weighted by Crippen LogP contribution is -2.34. The second kappa shape index (κ2) is 12.0. The van der Waals surface area contributed by atoms with Gasteiger partial charge in [-0.2, -0.15) is 0 Å². The maximum absolute atomic E-state index is 12.0. The third-order valence-corrected chi connectivity index (χ3v) is 4.85. The van der Waals surface area contributed by atoms with E-state index in [-0.39, 0.29) is 12.3 Å². The summed E-state index contributed by atoms with van der Waals surface area (Å²) >= 11 is 0. The van der Waals surface area contributed by atoms with Crippen LogP contribution in [0.4, 0.5) is 4.79 Å². The zero-order valence-electron chi connectivity index (χ0n) is 15.1. The maximum Gasteiger partial charge on any atom is 0.414 e. The highest BCUT2D eigenvalue weighted by Gasteiger charge is 2.39. The first-order valence-corrected chi connectivity index (χ1v) is 9.65. The van der Waals surface area contributed by atoms with Crippen molar-refractivity contribution in [2.45, 2.75) is 90.4 Å². The predicted molar refractivity (Wildman–Crippen MR) is 93.9 cm³/mol. The van der Waals surface area contributed by atoms with Gasteiger partial charge < -0.3 is 5.11 Å². The molecule has 1 N–H and O–H groups in total. The first kappa shape index (κ1) is 20.7. The van der Waals surface area contributed by atoms with Gasteiger partial charge in [-0.15, -0.1) is 0 Å². The summed E-state index contributed by atoms with van der Waals surface area (Å²) in [5.74, 6) is -1.33. The third-order valence-electron chi connectivity index (χ3n) is 4.85. The van der Waals surface area contributed by atoms with Crippen LogP contribution in [0.2, 0.25) is 0 Å². The summed E-state index contributed by atoms with van der Waals surface area (Å²) in [5, 5.41) is 8.85. The molecule has 24 heavy (non-hydrogen) atoms. The van der Waals surface area contributed by atoms with Gasteiger partial charge in [0.05, 0.1) is 5.92 Å². The highest BCUT2D eigenvalue weighted by atomic mass is 16.4. The van der Waals surface area contributed by atoms with Gasteiger partial charge in [-0.25, -0.2) is 9.69 Å². The number of unbranched alkanes of at least 4 members (excludes halogenated alkanes) is 10. The molecule has 1 rings (SSSR count). The Bertz CT molecular complexity index is 408. The van der Waals surface area contributed by atoms with Crippen LogP contribution >= 0.6 is 0 Å². The second-order valence-electron chi connectivity index (χ2n) is 6.87. The van der Waals surface area contributed by atoms with Crippen molar-refractivity contribution in [3.05, 3.63) is 0 Å². The molecular formula is C19H33NO4. The molecule has 1 aliphatic heterocycles. The quantitative estimate of drug-likeness (QED) is 0.387. The lowest BCUT2D eigenvalue weighted by atomic mass is 9.97. The molecule has 1 unspecified atom stereocenters. The van der Waals surface area contributed by atoms with Crippen LogP contribution in [0.1, 0.15) is 90.4 Å². The van der Waals surface area contributed by atoms with E-state index in [1.165, 1.54) is 51.4 Å².